The maximum atomic E-state index is 12.0. The summed E-state index contributed by atoms with van der Waals surface area (Å²) in [5.41, 5.74) is 3.39. The van der Waals surface area contributed by atoms with E-state index in [1.54, 1.807) is 0 Å². The summed E-state index contributed by atoms with van der Waals surface area (Å²) >= 11 is 1.54. The van der Waals surface area contributed by atoms with Crippen molar-refractivity contribution in [3.63, 3.8) is 0 Å². The summed E-state index contributed by atoms with van der Waals surface area (Å²) in [6.45, 7) is -0.221. The van der Waals surface area contributed by atoms with Gasteiger partial charge in [-0.25, -0.2) is 0 Å². The Labute approximate surface area is 139 Å². The van der Waals surface area contributed by atoms with Gasteiger partial charge in [-0.2, -0.15) is 11.3 Å². The largest absolute Gasteiger partial charge is 0.455 e. The van der Waals surface area contributed by atoms with E-state index >= 15 is 0 Å². The van der Waals surface area contributed by atoms with Gasteiger partial charge in [0.2, 0.25) is 0 Å². The molecule has 0 fully saturated rings. The Hall–Kier alpha value is -2.14. The summed E-state index contributed by atoms with van der Waals surface area (Å²) in [6.07, 6.45) is 3.24. The van der Waals surface area contributed by atoms with E-state index in [1.807, 2.05) is 29.0 Å². The number of thiophene rings is 1. The smallest absolute Gasteiger partial charge is 0.310 e. The molecule has 1 aliphatic carbocycles. The van der Waals surface area contributed by atoms with Crippen LogP contribution in [-0.2, 0) is 27.2 Å². The van der Waals surface area contributed by atoms with Crippen LogP contribution in [0.15, 0.2) is 41.1 Å². The van der Waals surface area contributed by atoms with Gasteiger partial charge >= 0.3 is 5.97 Å². The van der Waals surface area contributed by atoms with E-state index in [4.69, 9.17) is 4.74 Å². The van der Waals surface area contributed by atoms with Crippen molar-refractivity contribution in [3.05, 3.63) is 57.8 Å². The van der Waals surface area contributed by atoms with Crippen LogP contribution >= 0.6 is 11.3 Å². The number of aryl methyl sites for hydroxylation is 1. The molecule has 1 aliphatic rings. The van der Waals surface area contributed by atoms with Crippen molar-refractivity contribution in [1.82, 2.24) is 5.32 Å². The van der Waals surface area contributed by atoms with Crippen molar-refractivity contribution < 1.29 is 14.3 Å². The fraction of sp³-hybridized carbons (Fsp3) is 0.333. The van der Waals surface area contributed by atoms with Crippen molar-refractivity contribution in [1.29, 1.82) is 0 Å². The number of hydrogen-bond donors (Lipinski definition) is 1. The summed E-state index contributed by atoms with van der Waals surface area (Å²) in [7, 11) is 0. The van der Waals surface area contributed by atoms with E-state index in [9.17, 15) is 9.59 Å². The molecular formula is C18H19NO3S. The molecular weight excluding hydrogens is 310 g/mol. The number of fused-ring (bicyclic) bond motifs is 1. The maximum Gasteiger partial charge on any atom is 0.310 e. The van der Waals surface area contributed by atoms with Crippen molar-refractivity contribution in [2.75, 3.05) is 6.61 Å². The molecule has 23 heavy (non-hydrogen) atoms. The minimum absolute atomic E-state index is 0.0167. The molecule has 1 aromatic heterocycles. The lowest BCUT2D eigenvalue weighted by atomic mass is 9.88. The lowest BCUT2D eigenvalue weighted by Crippen LogP contribution is -2.34. The molecule has 1 amide bonds. The lowest BCUT2D eigenvalue weighted by molar-refractivity contribution is -0.148. The highest BCUT2D eigenvalue weighted by Gasteiger charge is 2.21. The van der Waals surface area contributed by atoms with E-state index in [-0.39, 0.29) is 30.9 Å². The third kappa shape index (κ3) is 4.20. The first-order valence-corrected chi connectivity index (χ1v) is 8.70. The predicted molar refractivity (Wildman–Crippen MR) is 89.2 cm³/mol. The topological polar surface area (TPSA) is 55.4 Å². The van der Waals surface area contributed by atoms with Crippen LogP contribution in [-0.4, -0.2) is 18.5 Å². The molecule has 0 saturated heterocycles. The molecule has 3 rings (SSSR count). The zero-order chi connectivity index (χ0) is 16.1. The van der Waals surface area contributed by atoms with Gasteiger partial charge in [0.15, 0.2) is 6.61 Å². The second-order valence-electron chi connectivity index (χ2n) is 5.68. The van der Waals surface area contributed by atoms with Gasteiger partial charge in [-0.15, -0.1) is 0 Å². The summed E-state index contributed by atoms with van der Waals surface area (Å²) < 4.78 is 5.06. The van der Waals surface area contributed by atoms with E-state index in [2.05, 4.69) is 17.4 Å². The Morgan fingerprint density at radius 3 is 2.96 bits per heavy atom. The van der Waals surface area contributed by atoms with E-state index in [0.29, 0.717) is 0 Å². The van der Waals surface area contributed by atoms with Crippen LogP contribution in [0.3, 0.4) is 0 Å². The normalized spacial score (nSPS) is 16.4. The van der Waals surface area contributed by atoms with Crippen LogP contribution in [0.5, 0.6) is 0 Å². The molecule has 1 unspecified atom stereocenters. The Bertz CT molecular complexity index is 681. The summed E-state index contributed by atoms with van der Waals surface area (Å²) in [5, 5.41) is 6.79. The van der Waals surface area contributed by atoms with Gasteiger partial charge in [-0.05, 0) is 52.8 Å². The highest BCUT2D eigenvalue weighted by atomic mass is 32.1. The number of ether oxygens (including phenoxy) is 1. The first kappa shape index (κ1) is 15.7. The van der Waals surface area contributed by atoms with Crippen molar-refractivity contribution >= 4 is 23.2 Å². The van der Waals surface area contributed by atoms with Crippen LogP contribution in [0.1, 0.15) is 35.6 Å². The van der Waals surface area contributed by atoms with Crippen molar-refractivity contribution in [2.24, 2.45) is 0 Å². The Kier molecular flexibility index (Phi) is 5.08. The van der Waals surface area contributed by atoms with Gasteiger partial charge in [-0.3, -0.25) is 9.59 Å². The number of nitrogens with one attached hydrogen (secondary N) is 1. The SMILES string of the molecule is O=C(COC(=O)Cc1ccsc1)NC1CCCc2ccccc21. The number of amides is 1. The van der Waals surface area contributed by atoms with E-state index in [0.717, 1.165) is 24.8 Å². The molecule has 1 N–H and O–H groups in total. The van der Waals surface area contributed by atoms with Crippen molar-refractivity contribution in [3.8, 4) is 0 Å². The highest BCUT2D eigenvalue weighted by Crippen LogP contribution is 2.29. The fourth-order valence-corrected chi connectivity index (χ4v) is 3.57. The summed E-state index contributed by atoms with van der Waals surface area (Å²) in [4.78, 5) is 23.7. The summed E-state index contributed by atoms with van der Waals surface area (Å²) in [6, 6.07) is 10.1. The Morgan fingerprint density at radius 2 is 2.13 bits per heavy atom. The van der Waals surface area contributed by atoms with Gasteiger partial charge in [0, 0.05) is 0 Å². The van der Waals surface area contributed by atoms with Gasteiger partial charge < -0.3 is 10.1 Å². The highest BCUT2D eigenvalue weighted by molar-refractivity contribution is 7.07. The number of hydrogen-bond acceptors (Lipinski definition) is 4. The van der Waals surface area contributed by atoms with Gasteiger partial charge in [0.05, 0.1) is 12.5 Å². The number of esters is 1. The molecule has 120 valence electrons. The monoisotopic (exact) mass is 329 g/mol. The van der Waals surface area contributed by atoms with E-state index in [1.165, 1.54) is 22.5 Å². The molecule has 0 radical (unpaired) electrons. The molecule has 5 heteroatoms. The van der Waals surface area contributed by atoms with Crippen LogP contribution in [0, 0.1) is 0 Å². The molecule has 2 aromatic rings. The number of carbonyl (C=O) groups excluding carboxylic acids is 2. The number of benzene rings is 1. The number of carbonyl (C=O) groups is 2. The van der Waals surface area contributed by atoms with Crippen LogP contribution in [0.4, 0.5) is 0 Å². The van der Waals surface area contributed by atoms with Crippen molar-refractivity contribution in [2.45, 2.75) is 31.7 Å². The average Bonchev–Trinajstić information content (AvgIpc) is 3.06. The zero-order valence-corrected chi connectivity index (χ0v) is 13.6. The minimum atomic E-state index is -0.373. The minimum Gasteiger partial charge on any atom is -0.455 e. The molecule has 1 aromatic carbocycles. The summed E-state index contributed by atoms with van der Waals surface area (Å²) in [5.74, 6) is -0.618. The standard InChI is InChI=1S/C18H19NO3S/c20-17(11-22-18(21)10-13-8-9-23-12-13)19-16-7-3-5-14-4-1-2-6-15(14)16/h1-2,4,6,8-9,12,16H,3,5,7,10-11H2,(H,19,20). The van der Waals surface area contributed by atoms with Gasteiger partial charge in [0.25, 0.3) is 5.91 Å². The first-order valence-electron chi connectivity index (χ1n) is 7.76. The Morgan fingerprint density at radius 1 is 1.26 bits per heavy atom. The van der Waals surface area contributed by atoms with E-state index < -0.39 is 0 Å². The van der Waals surface area contributed by atoms with Crippen LogP contribution < -0.4 is 5.32 Å². The quantitative estimate of drug-likeness (QED) is 0.858. The van der Waals surface area contributed by atoms with Crippen LogP contribution in [0.2, 0.25) is 0 Å². The maximum absolute atomic E-state index is 12.0. The predicted octanol–water partition coefficient (Wildman–Crippen LogP) is 3.03. The molecule has 4 nitrogen and oxygen atoms in total. The third-order valence-corrected chi connectivity index (χ3v) is 4.73. The third-order valence-electron chi connectivity index (χ3n) is 4.00. The van der Waals surface area contributed by atoms with Gasteiger partial charge in [-0.1, -0.05) is 24.3 Å². The average molecular weight is 329 g/mol. The van der Waals surface area contributed by atoms with Crippen LogP contribution in [0.25, 0.3) is 0 Å². The molecule has 0 saturated carbocycles. The molecule has 1 heterocycles. The molecule has 0 bridgehead atoms. The number of rotatable bonds is 5. The Balaban J connectivity index is 1.49. The van der Waals surface area contributed by atoms with Gasteiger partial charge in [0.1, 0.15) is 0 Å². The lowest BCUT2D eigenvalue weighted by Gasteiger charge is -2.26. The molecule has 0 spiro atoms. The second kappa shape index (κ2) is 7.42. The first-order chi connectivity index (χ1) is 11.2. The second-order valence-corrected chi connectivity index (χ2v) is 6.46. The zero-order valence-electron chi connectivity index (χ0n) is 12.8. The fourth-order valence-electron chi connectivity index (χ4n) is 2.90. The molecule has 1 atom stereocenters. The molecule has 0 aliphatic heterocycles.